The fourth-order valence-corrected chi connectivity index (χ4v) is 0. The van der Waals surface area contributed by atoms with E-state index in [4.69, 9.17) is 29.4 Å². The van der Waals surface area contributed by atoms with Gasteiger partial charge in [0.25, 0.3) is 0 Å². The molecule has 0 aromatic carbocycles. The summed E-state index contributed by atoms with van der Waals surface area (Å²) in [4.78, 5) is 45.3. The highest BCUT2D eigenvalue weighted by molar-refractivity contribution is 8.06. The summed E-state index contributed by atoms with van der Waals surface area (Å²) in [5, 5.41) is 0. The minimum atomic E-state index is -3.81. The van der Waals surface area contributed by atoms with Crippen molar-refractivity contribution >= 4 is 37.1 Å². The molecule has 0 atom stereocenters. The van der Waals surface area contributed by atoms with Crippen LogP contribution in [-0.4, -0.2) is 29.4 Å². The van der Waals surface area contributed by atoms with Gasteiger partial charge in [0.15, 0.2) is 0 Å². The van der Waals surface area contributed by atoms with Crippen molar-refractivity contribution in [2.24, 2.45) is 0 Å². The van der Waals surface area contributed by atoms with Gasteiger partial charge in [0, 0.05) is 0 Å². The molecule has 0 aromatic heterocycles. The first-order valence-corrected chi connectivity index (χ1v) is 6.89. The topological polar surface area (TPSA) is 121 Å². The van der Waals surface area contributed by atoms with Crippen LogP contribution >= 0.6 is 13.4 Å². The van der Waals surface area contributed by atoms with E-state index >= 15 is 0 Å². The van der Waals surface area contributed by atoms with Gasteiger partial charge in [-0.15, -0.1) is 0 Å². The summed E-state index contributed by atoms with van der Waals surface area (Å²) in [6.45, 7) is -7.61. The predicted molar refractivity (Wildman–Crippen MR) is 48.6 cm³/mol. The van der Waals surface area contributed by atoms with Gasteiger partial charge in [0.1, 0.15) is 0 Å². The SMILES string of the molecule is C.OP(O)(O)=S.OP(O)(O)=S. The summed E-state index contributed by atoms with van der Waals surface area (Å²) >= 11 is 7.21. The second-order valence-electron chi connectivity index (χ2n) is 1.03. The van der Waals surface area contributed by atoms with E-state index in [9.17, 15) is 0 Å². The second kappa shape index (κ2) is 6.56. The van der Waals surface area contributed by atoms with Crippen molar-refractivity contribution in [3.05, 3.63) is 0 Å². The van der Waals surface area contributed by atoms with Crippen LogP contribution in [0.15, 0.2) is 0 Å². The first kappa shape index (κ1) is 18.0. The minimum absolute atomic E-state index is 0. The maximum atomic E-state index is 7.56. The van der Waals surface area contributed by atoms with Gasteiger partial charge in [-0.2, -0.15) is 0 Å². The first-order chi connectivity index (χ1) is 4.00. The molecule has 6 N–H and O–H groups in total. The highest BCUT2D eigenvalue weighted by atomic mass is 32.5. The molecule has 72 valence electrons. The van der Waals surface area contributed by atoms with Gasteiger partial charge < -0.3 is 29.4 Å². The maximum absolute atomic E-state index is 7.56. The van der Waals surface area contributed by atoms with Gasteiger partial charge in [0.05, 0.1) is 0 Å². The molecule has 0 aliphatic heterocycles. The fourth-order valence-electron chi connectivity index (χ4n) is 0. The molecule has 0 heterocycles. The predicted octanol–water partition coefficient (Wildman–Crippen LogP) is -0.988. The Labute approximate surface area is 74.3 Å². The molecule has 0 fully saturated rings. The standard InChI is InChI=1S/CH4.2H3O3PS/c;2*1-4(2,3)5/h1H4;2*(H3,1,2,3,5). The van der Waals surface area contributed by atoms with Crippen LogP contribution in [-0.2, 0) is 23.6 Å². The van der Waals surface area contributed by atoms with Crippen LogP contribution in [0.2, 0.25) is 0 Å². The Kier molecular flexibility index (Phi) is 10.7. The van der Waals surface area contributed by atoms with Gasteiger partial charge in [-0.05, 0) is 23.6 Å². The van der Waals surface area contributed by atoms with Crippen LogP contribution in [0, 0.1) is 0 Å². The van der Waals surface area contributed by atoms with E-state index in [0.717, 1.165) is 0 Å². The van der Waals surface area contributed by atoms with Crippen LogP contribution < -0.4 is 0 Å². The molecule has 0 bridgehead atoms. The summed E-state index contributed by atoms with van der Waals surface area (Å²) in [5.74, 6) is 0. The average molecular weight is 244 g/mol. The molecule has 0 rings (SSSR count). The largest absolute Gasteiger partial charge is 0.325 e. The van der Waals surface area contributed by atoms with E-state index in [-0.39, 0.29) is 7.43 Å². The van der Waals surface area contributed by atoms with Crippen LogP contribution in [0.1, 0.15) is 7.43 Å². The lowest BCUT2D eigenvalue weighted by atomic mass is 12.0. The molecule has 0 aliphatic carbocycles. The van der Waals surface area contributed by atoms with Gasteiger partial charge >= 0.3 is 13.4 Å². The Bertz CT molecular complexity index is 131. The Morgan fingerprint density at radius 1 is 0.636 bits per heavy atom. The Morgan fingerprint density at radius 2 is 0.636 bits per heavy atom. The summed E-state index contributed by atoms with van der Waals surface area (Å²) in [6.07, 6.45) is 0. The highest BCUT2D eigenvalue weighted by Gasteiger charge is 1.92. The van der Waals surface area contributed by atoms with E-state index in [1.54, 1.807) is 0 Å². The average Bonchev–Trinajstić information content (AvgIpc) is 1.12. The van der Waals surface area contributed by atoms with Crippen molar-refractivity contribution in [1.29, 1.82) is 0 Å². The van der Waals surface area contributed by atoms with Crippen molar-refractivity contribution in [2.45, 2.75) is 7.43 Å². The zero-order chi connectivity index (χ0) is 9.00. The van der Waals surface area contributed by atoms with Gasteiger partial charge in [0.2, 0.25) is 0 Å². The third-order valence-corrected chi connectivity index (χ3v) is 0. The van der Waals surface area contributed by atoms with Gasteiger partial charge in [-0.1, -0.05) is 7.43 Å². The molecular formula is CH10O6P2S2. The zero-order valence-electron chi connectivity index (χ0n) is 4.39. The number of rotatable bonds is 0. The molecule has 0 aliphatic rings. The van der Waals surface area contributed by atoms with Gasteiger partial charge in [-0.25, -0.2) is 0 Å². The maximum Gasteiger partial charge on any atom is 0.319 e. The molecule has 0 saturated carbocycles. The summed E-state index contributed by atoms with van der Waals surface area (Å²) in [5.41, 5.74) is 0. The first-order valence-electron chi connectivity index (χ1n) is 1.57. The fraction of sp³-hybridized carbons (Fsp3) is 1.00. The molecule has 0 saturated heterocycles. The van der Waals surface area contributed by atoms with Crippen molar-refractivity contribution in [3.8, 4) is 0 Å². The lowest BCUT2D eigenvalue weighted by Crippen LogP contribution is -1.65. The monoisotopic (exact) mass is 244 g/mol. The Morgan fingerprint density at radius 3 is 0.636 bits per heavy atom. The molecule has 0 unspecified atom stereocenters. The molecular weight excluding hydrogens is 234 g/mol. The quantitative estimate of drug-likeness (QED) is 0.300. The van der Waals surface area contributed by atoms with Crippen molar-refractivity contribution in [1.82, 2.24) is 0 Å². The smallest absolute Gasteiger partial charge is 0.319 e. The molecule has 0 aromatic rings. The van der Waals surface area contributed by atoms with E-state index in [2.05, 4.69) is 23.6 Å². The highest BCUT2D eigenvalue weighted by Crippen LogP contribution is 2.26. The summed E-state index contributed by atoms with van der Waals surface area (Å²) < 4.78 is 0. The molecule has 0 amide bonds. The second-order valence-corrected chi connectivity index (χ2v) is 6.02. The Hall–Kier alpha value is 1.06. The lowest BCUT2D eigenvalue weighted by Gasteiger charge is -1.88. The van der Waals surface area contributed by atoms with E-state index in [1.165, 1.54) is 0 Å². The third kappa shape index (κ3) is 808. The molecule has 0 radical (unpaired) electrons. The normalized spacial score (nSPS) is 10.7. The third-order valence-electron chi connectivity index (χ3n) is 0. The van der Waals surface area contributed by atoms with E-state index in [0.29, 0.717) is 0 Å². The zero-order valence-corrected chi connectivity index (χ0v) is 7.82. The van der Waals surface area contributed by atoms with E-state index < -0.39 is 13.4 Å². The Balaban J connectivity index is -0.000000107. The lowest BCUT2D eigenvalue weighted by molar-refractivity contribution is 0.361. The van der Waals surface area contributed by atoms with Crippen molar-refractivity contribution in [2.75, 3.05) is 0 Å². The van der Waals surface area contributed by atoms with Crippen LogP contribution in [0.4, 0.5) is 0 Å². The molecule has 10 heteroatoms. The summed E-state index contributed by atoms with van der Waals surface area (Å²) in [6, 6.07) is 0. The molecule has 11 heavy (non-hydrogen) atoms. The van der Waals surface area contributed by atoms with E-state index in [1.807, 2.05) is 0 Å². The van der Waals surface area contributed by atoms with Crippen LogP contribution in [0.25, 0.3) is 0 Å². The number of hydrogen-bond donors (Lipinski definition) is 6. The minimum Gasteiger partial charge on any atom is -0.325 e. The molecule has 0 spiro atoms. The number of hydrogen-bond acceptors (Lipinski definition) is 2. The summed E-state index contributed by atoms with van der Waals surface area (Å²) in [7, 11) is 0. The van der Waals surface area contributed by atoms with Crippen LogP contribution in [0.5, 0.6) is 0 Å². The molecule has 6 nitrogen and oxygen atoms in total. The van der Waals surface area contributed by atoms with Crippen molar-refractivity contribution < 1.29 is 29.4 Å². The van der Waals surface area contributed by atoms with Crippen molar-refractivity contribution in [3.63, 3.8) is 0 Å². The van der Waals surface area contributed by atoms with Crippen LogP contribution in [0.3, 0.4) is 0 Å². The van der Waals surface area contributed by atoms with Gasteiger partial charge in [-0.3, -0.25) is 0 Å².